The minimum atomic E-state index is 0.685. The molecule has 8 aromatic carbocycles. The molecule has 0 bridgehead atoms. The number of nitrogens with zero attached hydrogens (tertiary/aromatic N) is 2. The first kappa shape index (κ1) is 36.2. The second kappa shape index (κ2) is 15.1. The number of benzene rings is 8. The van der Waals surface area contributed by atoms with E-state index in [4.69, 9.17) is 14.4 Å². The van der Waals surface area contributed by atoms with Gasteiger partial charge in [-0.3, -0.25) is 0 Å². The fraction of sp³-hybridized carbons (Fsp3) is 0.0345. The van der Waals surface area contributed by atoms with Gasteiger partial charge in [0.15, 0.2) is 5.82 Å². The Balaban J connectivity index is 0.975. The highest BCUT2D eigenvalue weighted by atomic mass is 32.1. The van der Waals surface area contributed by atoms with Crippen molar-refractivity contribution in [3.8, 4) is 67.3 Å². The Morgan fingerprint density at radius 3 is 1.89 bits per heavy atom. The maximum Gasteiger partial charge on any atom is 0.160 e. The van der Waals surface area contributed by atoms with E-state index in [1.807, 2.05) is 23.5 Å². The SMILES string of the molecule is C1=CCCC(c2cc(-c3ccccc3)cc(-c3cc(-c4ccccc4)nc(-c4ccc(-c5ccc(-c6ccc7c(c6)sc6ccccc67)c6oc7ccccc7c56)cc4)n3)c2)=C1. The number of furan rings is 1. The van der Waals surface area contributed by atoms with E-state index in [9.17, 15) is 0 Å². The molecule has 0 spiro atoms. The fourth-order valence-electron chi connectivity index (χ4n) is 9.07. The summed E-state index contributed by atoms with van der Waals surface area (Å²) in [6, 6.07) is 67.1. The van der Waals surface area contributed by atoms with Gasteiger partial charge in [-0.15, -0.1) is 11.3 Å². The van der Waals surface area contributed by atoms with Crippen molar-refractivity contribution in [2.45, 2.75) is 12.8 Å². The summed E-state index contributed by atoms with van der Waals surface area (Å²) >= 11 is 1.84. The number of hydrogen-bond donors (Lipinski definition) is 0. The van der Waals surface area contributed by atoms with Gasteiger partial charge < -0.3 is 4.42 Å². The summed E-state index contributed by atoms with van der Waals surface area (Å²) in [5.74, 6) is 0.685. The highest BCUT2D eigenvalue weighted by molar-refractivity contribution is 7.25. The zero-order valence-corrected chi connectivity index (χ0v) is 34.6. The number of para-hydroxylation sites is 1. The number of aromatic nitrogens is 2. The molecule has 62 heavy (non-hydrogen) atoms. The van der Waals surface area contributed by atoms with Gasteiger partial charge in [0.2, 0.25) is 0 Å². The van der Waals surface area contributed by atoms with Crippen molar-refractivity contribution in [2.75, 3.05) is 0 Å². The van der Waals surface area contributed by atoms with E-state index in [0.717, 1.165) is 85.1 Å². The molecule has 3 heterocycles. The van der Waals surface area contributed by atoms with Gasteiger partial charge >= 0.3 is 0 Å². The van der Waals surface area contributed by atoms with Crippen molar-refractivity contribution in [3.05, 3.63) is 212 Å². The average Bonchev–Trinajstić information content (AvgIpc) is 3.93. The third kappa shape index (κ3) is 6.44. The van der Waals surface area contributed by atoms with Crippen LogP contribution in [0.4, 0.5) is 0 Å². The maximum atomic E-state index is 6.73. The van der Waals surface area contributed by atoms with Gasteiger partial charge in [0.05, 0.1) is 11.4 Å². The second-order valence-corrected chi connectivity index (χ2v) is 17.1. The van der Waals surface area contributed by atoms with Crippen molar-refractivity contribution in [1.29, 1.82) is 0 Å². The first-order valence-electron chi connectivity index (χ1n) is 21.2. The maximum absolute atomic E-state index is 6.73. The van der Waals surface area contributed by atoms with Gasteiger partial charge in [0.25, 0.3) is 0 Å². The summed E-state index contributed by atoms with van der Waals surface area (Å²) in [7, 11) is 0. The van der Waals surface area contributed by atoms with Crippen LogP contribution in [-0.4, -0.2) is 9.97 Å². The van der Waals surface area contributed by atoms with E-state index in [-0.39, 0.29) is 0 Å². The van der Waals surface area contributed by atoms with Crippen LogP contribution in [0.1, 0.15) is 18.4 Å². The molecule has 0 radical (unpaired) electrons. The van der Waals surface area contributed by atoms with Crippen LogP contribution in [0.3, 0.4) is 0 Å². The summed E-state index contributed by atoms with van der Waals surface area (Å²) in [4.78, 5) is 10.5. The monoisotopic (exact) mass is 810 g/mol. The molecule has 11 aromatic rings. The molecular weight excluding hydrogens is 773 g/mol. The minimum absolute atomic E-state index is 0.685. The summed E-state index contributed by atoms with van der Waals surface area (Å²) in [6.07, 6.45) is 8.71. The Labute approximate surface area is 363 Å². The van der Waals surface area contributed by atoms with Crippen LogP contribution in [0.2, 0.25) is 0 Å². The van der Waals surface area contributed by atoms with Gasteiger partial charge in [-0.25, -0.2) is 9.97 Å². The molecule has 292 valence electrons. The van der Waals surface area contributed by atoms with E-state index in [2.05, 4.69) is 194 Å². The van der Waals surface area contributed by atoms with Crippen molar-refractivity contribution < 1.29 is 4.42 Å². The summed E-state index contributed by atoms with van der Waals surface area (Å²) < 4.78 is 9.31. The molecular formula is C58H38N2OS. The Morgan fingerprint density at radius 2 is 1.08 bits per heavy atom. The smallest absolute Gasteiger partial charge is 0.160 e. The zero-order valence-electron chi connectivity index (χ0n) is 33.8. The molecule has 0 aliphatic heterocycles. The van der Waals surface area contributed by atoms with E-state index in [1.54, 1.807) is 0 Å². The van der Waals surface area contributed by atoms with Crippen LogP contribution in [0.15, 0.2) is 211 Å². The molecule has 0 saturated heterocycles. The lowest BCUT2D eigenvalue weighted by Crippen LogP contribution is -1.97. The van der Waals surface area contributed by atoms with Crippen molar-refractivity contribution in [1.82, 2.24) is 9.97 Å². The molecule has 0 N–H and O–H groups in total. The predicted molar refractivity (Wildman–Crippen MR) is 261 cm³/mol. The number of thiophene rings is 1. The second-order valence-electron chi connectivity index (χ2n) is 16.0. The molecule has 0 unspecified atom stereocenters. The van der Waals surface area contributed by atoms with E-state index < -0.39 is 0 Å². The largest absolute Gasteiger partial charge is 0.455 e. The number of fused-ring (bicyclic) bond motifs is 6. The molecule has 3 nitrogen and oxygen atoms in total. The molecule has 0 atom stereocenters. The lowest BCUT2D eigenvalue weighted by atomic mass is 9.91. The number of hydrogen-bond acceptors (Lipinski definition) is 4. The van der Waals surface area contributed by atoms with Crippen LogP contribution in [0.5, 0.6) is 0 Å². The van der Waals surface area contributed by atoms with E-state index in [0.29, 0.717) is 5.82 Å². The molecule has 12 rings (SSSR count). The van der Waals surface area contributed by atoms with Crippen molar-refractivity contribution >= 4 is 59.0 Å². The van der Waals surface area contributed by atoms with Gasteiger partial charge in [0.1, 0.15) is 11.2 Å². The van der Waals surface area contributed by atoms with Gasteiger partial charge in [-0.1, -0.05) is 158 Å². The first-order valence-corrected chi connectivity index (χ1v) is 22.0. The highest BCUT2D eigenvalue weighted by Gasteiger charge is 2.19. The number of allylic oxidation sites excluding steroid dienone is 4. The first-order chi connectivity index (χ1) is 30.7. The molecule has 0 amide bonds. The normalized spacial score (nSPS) is 12.7. The molecule has 4 heteroatoms. The molecule has 0 saturated carbocycles. The topological polar surface area (TPSA) is 38.9 Å². The Hall–Kier alpha value is -7.66. The molecule has 0 fully saturated rings. The Bertz CT molecular complexity index is 3560. The van der Waals surface area contributed by atoms with Crippen LogP contribution < -0.4 is 0 Å². The highest BCUT2D eigenvalue weighted by Crippen LogP contribution is 2.44. The lowest BCUT2D eigenvalue weighted by molar-refractivity contribution is 0.670. The zero-order chi connectivity index (χ0) is 41.0. The number of rotatable bonds is 7. The van der Waals surface area contributed by atoms with Crippen LogP contribution in [-0.2, 0) is 0 Å². The quantitative estimate of drug-likeness (QED) is 0.161. The van der Waals surface area contributed by atoms with Crippen molar-refractivity contribution in [3.63, 3.8) is 0 Å². The van der Waals surface area contributed by atoms with E-state index >= 15 is 0 Å². The molecule has 1 aliphatic rings. The Kier molecular flexibility index (Phi) is 8.83. The standard InChI is InChI=1S/C58H38N2OS/c1-4-14-37(15-5-1)43-32-44(38-16-6-2-7-17-38)34-45(33-43)52-36-51(40-18-8-3-9-19-40)59-58(60-52)41-26-24-39(25-27-41)46-30-31-47(57-56(46)50-21-10-12-22-53(50)61-57)42-28-29-49-48-20-11-13-23-54(48)62-55(49)35-42/h1-6,8-16,18-36H,7,17H2. The summed E-state index contributed by atoms with van der Waals surface area (Å²) in [5.41, 5.74) is 16.0. The van der Waals surface area contributed by atoms with Gasteiger partial charge in [0, 0.05) is 53.2 Å². The van der Waals surface area contributed by atoms with Gasteiger partial charge in [-0.05, 0) is 100 Å². The molecule has 3 aromatic heterocycles. The van der Waals surface area contributed by atoms with Crippen LogP contribution in [0.25, 0.3) is 115 Å². The average molecular weight is 811 g/mol. The summed E-state index contributed by atoms with van der Waals surface area (Å²) in [5, 5.41) is 4.81. The summed E-state index contributed by atoms with van der Waals surface area (Å²) in [6.45, 7) is 0. The minimum Gasteiger partial charge on any atom is -0.455 e. The predicted octanol–water partition coefficient (Wildman–Crippen LogP) is 16.5. The fourth-order valence-corrected chi connectivity index (χ4v) is 10.2. The third-order valence-electron chi connectivity index (χ3n) is 12.2. The van der Waals surface area contributed by atoms with Crippen LogP contribution in [0, 0.1) is 0 Å². The van der Waals surface area contributed by atoms with E-state index in [1.165, 1.54) is 42.4 Å². The lowest BCUT2D eigenvalue weighted by Gasteiger charge is -2.15. The van der Waals surface area contributed by atoms with Crippen molar-refractivity contribution in [2.24, 2.45) is 0 Å². The Morgan fingerprint density at radius 1 is 0.435 bits per heavy atom. The molecule has 1 aliphatic carbocycles. The van der Waals surface area contributed by atoms with Crippen LogP contribution >= 0.6 is 11.3 Å². The van der Waals surface area contributed by atoms with Gasteiger partial charge in [-0.2, -0.15) is 0 Å². The third-order valence-corrected chi connectivity index (χ3v) is 13.3.